The van der Waals surface area contributed by atoms with Crippen LogP contribution in [0, 0.1) is 5.82 Å². The molecule has 1 unspecified atom stereocenters. The van der Waals surface area contributed by atoms with E-state index in [0.717, 1.165) is 12.2 Å². The largest absolute Gasteiger partial charge is 0.493 e. The molecule has 0 aromatic heterocycles. The van der Waals surface area contributed by atoms with Crippen molar-refractivity contribution in [2.24, 2.45) is 0 Å². The number of halogens is 1. The van der Waals surface area contributed by atoms with E-state index in [9.17, 15) is 33.5 Å². The van der Waals surface area contributed by atoms with E-state index in [1.165, 1.54) is 56.7 Å². The molecule has 0 heterocycles. The second kappa shape index (κ2) is 15.3. The lowest BCUT2D eigenvalue weighted by molar-refractivity contribution is -0.166. The molecule has 0 spiro atoms. The quantitative estimate of drug-likeness (QED) is 0.0708. The van der Waals surface area contributed by atoms with Gasteiger partial charge in [-0.05, 0) is 55.7 Å². The van der Waals surface area contributed by atoms with Crippen LogP contribution in [-0.2, 0) is 29.3 Å². The topological polar surface area (TPSA) is 143 Å². The van der Waals surface area contributed by atoms with Crippen LogP contribution in [0.15, 0.2) is 66.7 Å². The molecular weight excluding hydrogens is 611 g/mol. The van der Waals surface area contributed by atoms with Crippen LogP contribution in [-0.4, -0.2) is 48.8 Å². The minimum atomic E-state index is -1.70. The van der Waals surface area contributed by atoms with Crippen molar-refractivity contribution < 1.29 is 52.4 Å². The first kappa shape index (κ1) is 34.6. The van der Waals surface area contributed by atoms with Gasteiger partial charge in [-0.15, -0.1) is 0 Å². The number of ketones is 2. The van der Waals surface area contributed by atoms with Crippen LogP contribution in [0.5, 0.6) is 17.2 Å². The van der Waals surface area contributed by atoms with Gasteiger partial charge in [0.2, 0.25) is 6.10 Å². The van der Waals surface area contributed by atoms with Crippen LogP contribution < -0.4 is 14.2 Å². The number of rotatable bonds is 14. The molecule has 0 bridgehead atoms. The van der Waals surface area contributed by atoms with Crippen LogP contribution in [0.4, 0.5) is 4.39 Å². The van der Waals surface area contributed by atoms with Gasteiger partial charge < -0.3 is 24.1 Å². The summed E-state index contributed by atoms with van der Waals surface area (Å²) in [4.78, 5) is 64.4. The highest BCUT2D eigenvalue weighted by Crippen LogP contribution is 2.43. The zero-order chi connectivity index (χ0) is 34.1. The highest BCUT2D eigenvalue weighted by molar-refractivity contribution is 6.40. The van der Waals surface area contributed by atoms with Crippen molar-refractivity contribution in [2.45, 2.75) is 57.0 Å². The average Bonchev–Trinajstić information content (AvgIpc) is 3.57. The van der Waals surface area contributed by atoms with Crippen molar-refractivity contribution in [2.75, 3.05) is 14.2 Å². The minimum absolute atomic E-state index is 0.00542. The number of carbonyl (C=O) groups excluding carboxylic acids is 4. The number of hydrogen-bond donors (Lipinski definition) is 1. The Morgan fingerprint density at radius 1 is 0.915 bits per heavy atom. The maximum atomic E-state index is 14.7. The molecule has 1 N–H and O–H groups in total. The monoisotopic (exact) mass is 646 g/mol. The Morgan fingerprint density at radius 2 is 1.60 bits per heavy atom. The van der Waals surface area contributed by atoms with Gasteiger partial charge in [0.25, 0.3) is 5.78 Å². The third kappa shape index (κ3) is 7.40. The lowest BCUT2D eigenvalue weighted by atomic mass is 9.78. The Labute approximate surface area is 271 Å². The van der Waals surface area contributed by atoms with Gasteiger partial charge in [-0.2, -0.15) is 0 Å². The number of Topliss-reactive ketones (excluding diaryl/α,β-unsaturated/α-hetero) is 1. The van der Waals surface area contributed by atoms with E-state index in [1.54, 1.807) is 18.2 Å². The van der Waals surface area contributed by atoms with Crippen LogP contribution in [0.25, 0.3) is 6.08 Å². The first-order valence-corrected chi connectivity index (χ1v) is 15.1. The number of carboxylic acid groups (broad SMARTS) is 1. The van der Waals surface area contributed by atoms with E-state index in [-0.39, 0.29) is 64.5 Å². The highest BCUT2D eigenvalue weighted by atomic mass is 19.1. The normalized spacial score (nSPS) is 14.3. The molecule has 11 heteroatoms. The van der Waals surface area contributed by atoms with Gasteiger partial charge in [0.1, 0.15) is 11.6 Å². The van der Waals surface area contributed by atoms with E-state index in [2.05, 4.69) is 0 Å². The Bertz CT molecular complexity index is 1700. The molecule has 3 aromatic carbocycles. The molecular formula is C36H35FO10. The number of aliphatic carboxylic acids is 1. The minimum Gasteiger partial charge on any atom is -0.493 e. The molecule has 1 saturated carbocycles. The maximum Gasteiger partial charge on any atom is 0.386 e. The fourth-order valence-corrected chi connectivity index (χ4v) is 5.77. The average molecular weight is 647 g/mol. The number of ether oxygens (including phenoxy) is 4. The molecule has 0 amide bonds. The summed E-state index contributed by atoms with van der Waals surface area (Å²) in [5.74, 6) is -5.78. The molecule has 246 valence electrons. The first-order chi connectivity index (χ1) is 22.6. The summed E-state index contributed by atoms with van der Waals surface area (Å²) in [6.07, 6.45) is 2.74. The van der Waals surface area contributed by atoms with Gasteiger partial charge in [-0.3, -0.25) is 14.4 Å². The Hall–Kier alpha value is -5.32. The Balaban J connectivity index is 1.66. The zero-order valence-electron chi connectivity index (χ0n) is 26.2. The van der Waals surface area contributed by atoms with E-state index in [1.807, 2.05) is 6.92 Å². The first-order valence-electron chi connectivity index (χ1n) is 15.1. The third-order valence-corrected chi connectivity index (χ3v) is 8.06. The molecule has 1 atom stereocenters. The van der Waals surface area contributed by atoms with Crippen molar-refractivity contribution in [1.82, 2.24) is 0 Å². The smallest absolute Gasteiger partial charge is 0.386 e. The zero-order valence-corrected chi connectivity index (χ0v) is 26.2. The molecule has 0 saturated heterocycles. The van der Waals surface area contributed by atoms with E-state index < -0.39 is 41.0 Å². The molecule has 1 fully saturated rings. The summed E-state index contributed by atoms with van der Waals surface area (Å²) < 4.78 is 36.4. The number of carbonyl (C=O) groups is 5. The lowest BCUT2D eigenvalue weighted by Crippen LogP contribution is -2.38. The molecule has 4 rings (SSSR count). The summed E-state index contributed by atoms with van der Waals surface area (Å²) in [5, 5.41) is 10.2. The number of esters is 2. The van der Waals surface area contributed by atoms with Gasteiger partial charge in [0.15, 0.2) is 17.3 Å². The van der Waals surface area contributed by atoms with Gasteiger partial charge in [-0.1, -0.05) is 56.2 Å². The summed E-state index contributed by atoms with van der Waals surface area (Å²) in [5.41, 5.74) is -1.08. The summed E-state index contributed by atoms with van der Waals surface area (Å²) >= 11 is 0. The van der Waals surface area contributed by atoms with Crippen LogP contribution in [0.2, 0.25) is 0 Å². The predicted octanol–water partition coefficient (Wildman–Crippen LogP) is 6.19. The van der Waals surface area contributed by atoms with E-state index in [0.29, 0.717) is 19.3 Å². The number of hydrogen-bond acceptors (Lipinski definition) is 9. The van der Waals surface area contributed by atoms with Crippen molar-refractivity contribution in [1.29, 1.82) is 0 Å². The van der Waals surface area contributed by atoms with Gasteiger partial charge in [0, 0.05) is 23.1 Å². The van der Waals surface area contributed by atoms with Crippen molar-refractivity contribution in [3.05, 3.63) is 94.8 Å². The Morgan fingerprint density at radius 3 is 2.23 bits per heavy atom. The van der Waals surface area contributed by atoms with Crippen molar-refractivity contribution >= 4 is 35.6 Å². The molecule has 1 aliphatic rings. The lowest BCUT2D eigenvalue weighted by Gasteiger charge is -2.26. The highest BCUT2D eigenvalue weighted by Gasteiger charge is 2.47. The number of methoxy groups -OCH3 is 2. The molecule has 3 aromatic rings. The summed E-state index contributed by atoms with van der Waals surface area (Å²) in [7, 11) is 2.65. The van der Waals surface area contributed by atoms with Crippen LogP contribution >= 0.6 is 0 Å². The number of carboxylic acids is 1. The summed E-state index contributed by atoms with van der Waals surface area (Å²) in [6.45, 7) is 1.84. The fraction of sp³-hybridized carbons (Fsp3) is 0.306. The van der Waals surface area contributed by atoms with Crippen molar-refractivity contribution in [3.63, 3.8) is 0 Å². The molecule has 0 aliphatic heterocycles. The number of para-hydroxylation sites is 1. The second-order valence-electron chi connectivity index (χ2n) is 11.0. The standard InChI is InChI=1S/C36H35FO10/c1-4-11-27(38)24-12-5-8-15-29(24)46-32(33(40)41)23-17-19-30(44-2)31(45-3)22(23)16-18-28(39)34(42)47-35(43)36(20-9-10-21-36)25-13-6-7-14-26(25)37/h5-8,12-19,32H,4,9-11,20-21H2,1-3H3,(H,40,41). The van der Waals surface area contributed by atoms with Crippen molar-refractivity contribution in [3.8, 4) is 17.2 Å². The molecule has 0 radical (unpaired) electrons. The molecule has 47 heavy (non-hydrogen) atoms. The molecule has 1 aliphatic carbocycles. The Kier molecular flexibility index (Phi) is 11.3. The third-order valence-electron chi connectivity index (χ3n) is 8.06. The molecule has 10 nitrogen and oxygen atoms in total. The second-order valence-corrected chi connectivity index (χ2v) is 11.0. The van der Waals surface area contributed by atoms with Crippen LogP contribution in [0.3, 0.4) is 0 Å². The van der Waals surface area contributed by atoms with Gasteiger partial charge in [0.05, 0.1) is 25.2 Å². The SMILES string of the molecule is CCCC(=O)c1ccccc1OC(C(=O)O)c1ccc(OC)c(OC)c1C=CC(=O)C(=O)OC(=O)C1(c2ccccc2F)CCCC1. The van der Waals surface area contributed by atoms with Gasteiger partial charge >= 0.3 is 17.9 Å². The van der Waals surface area contributed by atoms with E-state index >= 15 is 0 Å². The maximum absolute atomic E-state index is 14.7. The summed E-state index contributed by atoms with van der Waals surface area (Å²) in [6, 6.07) is 14.8. The van der Waals surface area contributed by atoms with Crippen LogP contribution in [0.1, 0.15) is 78.6 Å². The predicted molar refractivity (Wildman–Crippen MR) is 168 cm³/mol. The fourth-order valence-electron chi connectivity index (χ4n) is 5.77. The van der Waals surface area contributed by atoms with Gasteiger partial charge in [-0.25, -0.2) is 14.0 Å². The van der Waals surface area contributed by atoms with E-state index in [4.69, 9.17) is 18.9 Å². The number of benzene rings is 3.